The van der Waals surface area contributed by atoms with E-state index in [0.717, 1.165) is 128 Å². The highest BCUT2D eigenvalue weighted by molar-refractivity contribution is 7.47. The molecule has 0 spiro atoms. The number of unbranched alkanes of at least 4 members (excludes halogenated alkanes) is 21. The van der Waals surface area contributed by atoms with E-state index in [1.54, 1.807) is 0 Å². The van der Waals surface area contributed by atoms with E-state index in [2.05, 4.69) is 130 Å². The van der Waals surface area contributed by atoms with Crippen LogP contribution < -0.4 is 0 Å². The average molecular weight is 1110 g/mol. The second kappa shape index (κ2) is 59.3. The van der Waals surface area contributed by atoms with Crippen LogP contribution in [0, 0.1) is 0 Å². The molecule has 3 unspecified atom stereocenters. The van der Waals surface area contributed by atoms with Gasteiger partial charge in [0.2, 0.25) is 0 Å². The van der Waals surface area contributed by atoms with Gasteiger partial charge in [-0.05, 0) is 122 Å². The number of phosphoric ester groups is 1. The fourth-order valence-electron chi connectivity index (χ4n) is 8.04. The molecule has 0 heterocycles. The average Bonchev–Trinajstić information content (AvgIpc) is 3.43. The Morgan fingerprint density at radius 1 is 0.372 bits per heavy atom. The summed E-state index contributed by atoms with van der Waals surface area (Å²) >= 11 is 0. The maximum atomic E-state index is 12.9. The zero-order valence-corrected chi connectivity index (χ0v) is 50.2. The molecule has 446 valence electrons. The highest BCUT2D eigenvalue weighted by atomic mass is 31.2. The van der Waals surface area contributed by atoms with Crippen molar-refractivity contribution < 1.29 is 52.2 Å². The number of ether oxygens (including phenoxy) is 3. The zero-order valence-electron chi connectivity index (χ0n) is 49.3. The SMILES string of the molecule is CC/C=C\C/C=C\C/C=C\C/C=C\CCCCC(=O)OC(CO)COP(=O)(O)OCC(COC(=O)CCCCCCCCCCC/C=C\C/C=C\CCCCC)OC(=O)CCCCCCCCC/C=C\C/C=C\C/C=C\CC. The second-order valence-electron chi connectivity index (χ2n) is 20.1. The third kappa shape index (κ3) is 56.8. The van der Waals surface area contributed by atoms with E-state index in [1.165, 1.54) is 64.2 Å². The second-order valence-corrected chi connectivity index (χ2v) is 21.6. The van der Waals surface area contributed by atoms with E-state index in [-0.39, 0.29) is 25.9 Å². The number of allylic oxidation sites excluding steroid dienone is 18. The number of hydrogen-bond acceptors (Lipinski definition) is 10. The molecule has 12 heteroatoms. The van der Waals surface area contributed by atoms with Gasteiger partial charge in [-0.2, -0.15) is 0 Å². The molecule has 0 aromatic rings. The molecule has 11 nitrogen and oxygen atoms in total. The summed E-state index contributed by atoms with van der Waals surface area (Å²) in [6.07, 6.45) is 71.8. The van der Waals surface area contributed by atoms with E-state index < -0.39 is 57.8 Å². The van der Waals surface area contributed by atoms with Gasteiger partial charge in [0.05, 0.1) is 19.8 Å². The number of esters is 3. The number of aliphatic hydroxyl groups excluding tert-OH is 1. The third-order valence-electron chi connectivity index (χ3n) is 12.7. The minimum atomic E-state index is -4.77. The molecule has 0 aliphatic carbocycles. The van der Waals surface area contributed by atoms with Crippen LogP contribution in [-0.4, -0.2) is 66.5 Å². The minimum Gasteiger partial charge on any atom is -0.462 e. The summed E-state index contributed by atoms with van der Waals surface area (Å²) in [5, 5.41) is 9.83. The lowest BCUT2D eigenvalue weighted by molar-refractivity contribution is -0.161. The van der Waals surface area contributed by atoms with Crippen LogP contribution in [0.1, 0.15) is 252 Å². The van der Waals surface area contributed by atoms with Crippen LogP contribution in [0.2, 0.25) is 0 Å². The Labute approximate surface area is 475 Å². The molecule has 0 bridgehead atoms. The van der Waals surface area contributed by atoms with Crippen LogP contribution in [0.25, 0.3) is 0 Å². The van der Waals surface area contributed by atoms with Crippen molar-refractivity contribution in [2.45, 2.75) is 264 Å². The highest BCUT2D eigenvalue weighted by Gasteiger charge is 2.28. The number of carbonyl (C=O) groups is 3. The summed E-state index contributed by atoms with van der Waals surface area (Å²) in [7, 11) is -4.77. The summed E-state index contributed by atoms with van der Waals surface area (Å²) in [6, 6.07) is 0. The molecule has 0 rings (SSSR count). The molecule has 0 aromatic heterocycles. The number of phosphoric acid groups is 1. The molecular formula is C66H111O11P. The van der Waals surface area contributed by atoms with Gasteiger partial charge in [0.25, 0.3) is 0 Å². The lowest BCUT2D eigenvalue weighted by Crippen LogP contribution is -2.30. The quantitative estimate of drug-likeness (QED) is 0.0197. The molecule has 0 saturated heterocycles. The monoisotopic (exact) mass is 1110 g/mol. The first kappa shape index (κ1) is 74.1. The minimum absolute atomic E-state index is 0.120. The highest BCUT2D eigenvalue weighted by Crippen LogP contribution is 2.43. The molecule has 3 atom stereocenters. The van der Waals surface area contributed by atoms with Crippen LogP contribution in [0.15, 0.2) is 109 Å². The number of rotatable bonds is 56. The number of aliphatic hydroxyl groups is 1. The maximum absolute atomic E-state index is 12.9. The topological polar surface area (TPSA) is 155 Å². The zero-order chi connectivity index (χ0) is 56.9. The van der Waals surface area contributed by atoms with Crippen LogP contribution in [0.5, 0.6) is 0 Å². The number of hydrogen-bond donors (Lipinski definition) is 2. The van der Waals surface area contributed by atoms with Gasteiger partial charge in [-0.25, -0.2) is 4.57 Å². The first-order valence-corrected chi connectivity index (χ1v) is 32.3. The molecule has 78 heavy (non-hydrogen) atoms. The Bertz CT molecular complexity index is 1720. The predicted molar refractivity (Wildman–Crippen MR) is 325 cm³/mol. The van der Waals surface area contributed by atoms with Gasteiger partial charge in [-0.15, -0.1) is 0 Å². The summed E-state index contributed by atoms with van der Waals surface area (Å²) in [5.74, 6) is -1.53. The summed E-state index contributed by atoms with van der Waals surface area (Å²) < 4.78 is 39.6. The van der Waals surface area contributed by atoms with Crippen molar-refractivity contribution in [1.82, 2.24) is 0 Å². The Morgan fingerprint density at radius 3 is 1.05 bits per heavy atom. The van der Waals surface area contributed by atoms with Crippen molar-refractivity contribution in [2.24, 2.45) is 0 Å². The lowest BCUT2D eigenvalue weighted by Gasteiger charge is -2.21. The fraction of sp³-hybridized carbons (Fsp3) is 0.682. The molecular weight excluding hydrogens is 1000 g/mol. The summed E-state index contributed by atoms with van der Waals surface area (Å²) in [6.45, 7) is 4.34. The van der Waals surface area contributed by atoms with Gasteiger partial charge in [0, 0.05) is 19.3 Å². The van der Waals surface area contributed by atoms with Gasteiger partial charge in [0.15, 0.2) is 6.10 Å². The molecule has 0 aliphatic rings. The first-order valence-electron chi connectivity index (χ1n) is 30.8. The van der Waals surface area contributed by atoms with Gasteiger partial charge in [0.1, 0.15) is 12.7 Å². The van der Waals surface area contributed by atoms with Gasteiger partial charge >= 0.3 is 25.7 Å². The van der Waals surface area contributed by atoms with Crippen molar-refractivity contribution >= 4 is 25.7 Å². The Hall–Kier alpha value is -3.86. The number of carbonyl (C=O) groups excluding carboxylic acids is 3. The van der Waals surface area contributed by atoms with Crippen LogP contribution in [0.3, 0.4) is 0 Å². The van der Waals surface area contributed by atoms with E-state index >= 15 is 0 Å². The lowest BCUT2D eigenvalue weighted by atomic mass is 10.1. The van der Waals surface area contributed by atoms with Gasteiger partial charge in [-0.3, -0.25) is 23.4 Å². The van der Waals surface area contributed by atoms with Crippen LogP contribution in [0.4, 0.5) is 0 Å². The molecule has 0 amide bonds. The van der Waals surface area contributed by atoms with Crippen molar-refractivity contribution in [3.8, 4) is 0 Å². The van der Waals surface area contributed by atoms with Gasteiger partial charge in [-0.1, -0.05) is 220 Å². The van der Waals surface area contributed by atoms with Gasteiger partial charge < -0.3 is 24.2 Å². The smallest absolute Gasteiger partial charge is 0.462 e. The van der Waals surface area contributed by atoms with Crippen LogP contribution in [-0.2, 0) is 42.2 Å². The molecule has 0 aliphatic heterocycles. The maximum Gasteiger partial charge on any atom is 0.472 e. The van der Waals surface area contributed by atoms with Crippen molar-refractivity contribution in [1.29, 1.82) is 0 Å². The molecule has 0 radical (unpaired) electrons. The van der Waals surface area contributed by atoms with Crippen molar-refractivity contribution in [3.05, 3.63) is 109 Å². The molecule has 0 aromatic carbocycles. The van der Waals surface area contributed by atoms with E-state index in [9.17, 15) is 28.9 Å². The summed E-state index contributed by atoms with van der Waals surface area (Å²) in [4.78, 5) is 48.7. The van der Waals surface area contributed by atoms with E-state index in [4.69, 9.17) is 23.3 Å². The van der Waals surface area contributed by atoms with Crippen molar-refractivity contribution in [3.63, 3.8) is 0 Å². The molecule has 0 fully saturated rings. The van der Waals surface area contributed by atoms with E-state index in [1.807, 2.05) is 0 Å². The summed E-state index contributed by atoms with van der Waals surface area (Å²) in [5.41, 5.74) is 0. The largest absolute Gasteiger partial charge is 0.472 e. The molecule has 0 saturated carbocycles. The van der Waals surface area contributed by atoms with E-state index in [0.29, 0.717) is 19.3 Å². The Balaban J connectivity index is 4.77. The first-order chi connectivity index (χ1) is 38.2. The third-order valence-corrected chi connectivity index (χ3v) is 13.6. The predicted octanol–water partition coefficient (Wildman–Crippen LogP) is 18.6. The molecule has 2 N–H and O–H groups in total. The fourth-order valence-corrected chi connectivity index (χ4v) is 8.82. The van der Waals surface area contributed by atoms with Crippen molar-refractivity contribution in [2.75, 3.05) is 26.4 Å². The standard InChI is InChI=1S/C66H111O11P/c1-4-7-10-13-16-19-22-25-28-30-31-33-35-37-40-43-46-49-52-55-64(68)73-59-63(77-66(70)57-54-51-48-45-42-39-36-32-29-26-23-20-17-14-11-8-5-2)61-75-78(71,72)74-60-62(58-67)76-65(69)56-53-50-47-44-41-38-34-27-24-21-18-15-12-9-6-3/h8-9,11-12,16-21,25-29,34,41,44,62-63,67H,4-7,10,13-15,22-24,30-33,35-40,42-43,45-61H2,1-3H3,(H,71,72)/b11-8-,12-9-,19-16-,20-17-,21-18-,28-25-,29-26-,34-27-,44-41-. The Morgan fingerprint density at radius 2 is 0.667 bits per heavy atom. The normalized spacial score (nSPS) is 14.1. The Kier molecular flexibility index (Phi) is 56.3. The van der Waals surface area contributed by atoms with Crippen LogP contribution >= 0.6 is 7.82 Å².